The molecule has 1 aromatic carbocycles. The van der Waals surface area contributed by atoms with Crippen LogP contribution in [0.3, 0.4) is 0 Å². The summed E-state index contributed by atoms with van der Waals surface area (Å²) in [4.78, 5) is 61.2. The maximum absolute atomic E-state index is 12.4. The van der Waals surface area contributed by atoms with E-state index in [1.165, 1.54) is 0 Å². The fourth-order valence-electron chi connectivity index (χ4n) is 4.82. The van der Waals surface area contributed by atoms with Crippen molar-refractivity contribution in [3.05, 3.63) is 44.1 Å². The van der Waals surface area contributed by atoms with Gasteiger partial charge in [-0.3, -0.25) is 24.7 Å². The van der Waals surface area contributed by atoms with E-state index in [0.717, 1.165) is 16.6 Å². The van der Waals surface area contributed by atoms with E-state index in [1.54, 1.807) is 0 Å². The van der Waals surface area contributed by atoms with E-state index in [1.807, 2.05) is 30.5 Å². The second kappa shape index (κ2) is 7.33. The van der Waals surface area contributed by atoms with Crippen LogP contribution in [0.4, 0.5) is 0 Å². The van der Waals surface area contributed by atoms with Crippen molar-refractivity contribution in [2.75, 3.05) is 19.6 Å². The van der Waals surface area contributed by atoms with Gasteiger partial charge in [0.15, 0.2) is 11.5 Å². The van der Waals surface area contributed by atoms with Gasteiger partial charge in [0, 0.05) is 19.5 Å². The molecule has 2 saturated heterocycles. The zero-order chi connectivity index (χ0) is 22.6. The molecule has 1 spiro atoms. The fraction of sp³-hybridized carbons (Fsp3) is 0.455. The van der Waals surface area contributed by atoms with Crippen LogP contribution in [0.2, 0.25) is 0 Å². The van der Waals surface area contributed by atoms with E-state index in [0.29, 0.717) is 44.5 Å². The summed E-state index contributed by atoms with van der Waals surface area (Å²) in [6.07, 6.45) is 1.54. The lowest BCUT2D eigenvalue weighted by molar-refractivity contribution is -0.130. The summed E-state index contributed by atoms with van der Waals surface area (Å²) in [5.41, 5.74) is 1.95. The number of rotatable bonds is 3. The van der Waals surface area contributed by atoms with E-state index in [2.05, 4.69) is 25.2 Å². The van der Waals surface area contributed by atoms with Gasteiger partial charge in [0.2, 0.25) is 11.8 Å². The van der Waals surface area contributed by atoms with Gasteiger partial charge in [0.05, 0.1) is 16.4 Å². The van der Waals surface area contributed by atoms with Gasteiger partial charge in [-0.25, -0.2) is 9.78 Å². The molecule has 0 bridgehead atoms. The van der Waals surface area contributed by atoms with E-state index in [-0.39, 0.29) is 29.8 Å². The quantitative estimate of drug-likeness (QED) is 0.447. The highest BCUT2D eigenvalue weighted by atomic mass is 16.2. The highest BCUT2D eigenvalue weighted by molar-refractivity contribution is 6.05. The van der Waals surface area contributed by atoms with Gasteiger partial charge in [-0.2, -0.15) is 4.98 Å². The molecule has 0 aromatic heterocycles. The number of carbonyl (C=O) groups is 2. The molecule has 4 aliphatic rings. The predicted octanol–water partition coefficient (Wildman–Crippen LogP) is 0.330. The summed E-state index contributed by atoms with van der Waals surface area (Å²) in [7, 11) is 0. The highest BCUT2D eigenvalue weighted by Crippen LogP contribution is 2.38. The van der Waals surface area contributed by atoms with Crippen LogP contribution >= 0.6 is 0 Å². The van der Waals surface area contributed by atoms with Crippen molar-refractivity contribution in [3.8, 4) is 11.5 Å². The highest BCUT2D eigenvalue weighted by Gasteiger charge is 2.48. The Morgan fingerprint density at radius 2 is 1.72 bits per heavy atom. The first kappa shape index (κ1) is 20.5. The number of nitrogens with one attached hydrogen (secondary N) is 2. The second-order valence-electron chi connectivity index (χ2n) is 8.91. The minimum Gasteiger partial charge on any atom is -0.321 e. The molecule has 5 rings (SSSR count). The molecule has 10 nitrogen and oxygen atoms in total. The van der Waals surface area contributed by atoms with E-state index in [4.69, 9.17) is 0 Å². The molecule has 2 fully saturated rings. The molecule has 4 aliphatic heterocycles. The van der Waals surface area contributed by atoms with Crippen LogP contribution in [-0.2, 0) is 16.1 Å². The largest absolute Gasteiger partial charge is 0.349 e. The number of H-pyrrole nitrogens is 1. The van der Waals surface area contributed by atoms with Crippen LogP contribution in [0.1, 0.15) is 30.4 Å². The van der Waals surface area contributed by atoms with E-state index < -0.39 is 16.7 Å². The molecule has 32 heavy (non-hydrogen) atoms. The summed E-state index contributed by atoms with van der Waals surface area (Å²) >= 11 is 0. The molecule has 0 unspecified atom stereocenters. The number of aromatic nitrogens is 4. The zero-order valence-corrected chi connectivity index (χ0v) is 18.0. The molecular formula is C22H24N6O4. The fourth-order valence-corrected chi connectivity index (χ4v) is 4.82. The molecular weight excluding hydrogens is 412 g/mol. The number of imide groups is 1. The number of benzene rings is 1. The first-order valence-corrected chi connectivity index (χ1v) is 10.7. The van der Waals surface area contributed by atoms with Crippen molar-refractivity contribution in [1.29, 1.82) is 0 Å². The molecule has 1 aromatic rings. The Labute approximate surface area is 183 Å². The SMILES string of the molecule is Cc1cc2nc3c(=O)[nH]c(=O)nc-3n(CCN3CCC4(CC3)CC(=O)NC4=O)c2cc1C. The van der Waals surface area contributed by atoms with Gasteiger partial charge in [-0.15, -0.1) is 0 Å². The van der Waals surface area contributed by atoms with E-state index in [9.17, 15) is 19.2 Å². The van der Waals surface area contributed by atoms with Crippen LogP contribution in [0.5, 0.6) is 0 Å². The normalized spacial score (nSPS) is 18.7. The summed E-state index contributed by atoms with van der Waals surface area (Å²) in [6, 6.07) is 3.94. The number of carbonyl (C=O) groups excluding carboxylic acids is 2. The third-order valence-electron chi connectivity index (χ3n) is 6.91. The summed E-state index contributed by atoms with van der Waals surface area (Å²) in [5, 5.41) is 2.43. The predicted molar refractivity (Wildman–Crippen MR) is 116 cm³/mol. The average molecular weight is 436 g/mol. The molecule has 4 heterocycles. The van der Waals surface area contributed by atoms with Crippen LogP contribution < -0.4 is 16.6 Å². The Balaban J connectivity index is 1.46. The molecule has 10 heteroatoms. The smallest absolute Gasteiger partial charge is 0.321 e. The number of likely N-dealkylation sites (tertiary alicyclic amines) is 1. The van der Waals surface area contributed by atoms with Crippen LogP contribution in [-0.4, -0.2) is 55.9 Å². The molecule has 0 atom stereocenters. The van der Waals surface area contributed by atoms with Crippen molar-refractivity contribution < 1.29 is 9.59 Å². The van der Waals surface area contributed by atoms with Gasteiger partial charge in [-0.05, 0) is 63.0 Å². The second-order valence-corrected chi connectivity index (χ2v) is 8.91. The molecule has 0 saturated carbocycles. The van der Waals surface area contributed by atoms with E-state index >= 15 is 0 Å². The molecule has 0 radical (unpaired) electrons. The first-order chi connectivity index (χ1) is 15.3. The monoisotopic (exact) mass is 436 g/mol. The number of fused-ring (bicyclic) bond motifs is 2. The Kier molecular flexibility index (Phi) is 4.70. The molecule has 166 valence electrons. The minimum atomic E-state index is -0.696. The standard InChI is InChI=1S/C22H24N6O4/c1-12-9-14-15(10-13(12)2)28(18-17(23-14)19(30)26-21(32)25-18)8-7-27-5-3-22(4-6-27)11-16(29)24-20(22)31/h9-10H,3-8,11H2,1-2H3,(H,24,29,31)(H,26,30,32). The van der Waals surface area contributed by atoms with Crippen molar-refractivity contribution in [1.82, 2.24) is 29.7 Å². The number of nitrogens with zero attached hydrogens (tertiary/aromatic N) is 4. The summed E-state index contributed by atoms with van der Waals surface area (Å²) < 4.78 is 1.89. The maximum atomic E-state index is 12.4. The number of aryl methyl sites for hydroxylation is 2. The number of amides is 2. The van der Waals surface area contributed by atoms with Crippen LogP contribution in [0.25, 0.3) is 22.6 Å². The Bertz CT molecular complexity index is 1350. The Hall–Kier alpha value is -3.40. The lowest BCUT2D eigenvalue weighted by atomic mass is 9.77. The molecule has 2 N–H and O–H groups in total. The van der Waals surface area contributed by atoms with Crippen LogP contribution in [0.15, 0.2) is 21.7 Å². The Morgan fingerprint density at radius 1 is 1.00 bits per heavy atom. The van der Waals surface area contributed by atoms with Gasteiger partial charge in [0.25, 0.3) is 5.56 Å². The topological polar surface area (TPSA) is 130 Å². The number of hydrogen-bond donors (Lipinski definition) is 2. The van der Waals surface area contributed by atoms with Crippen molar-refractivity contribution in [2.24, 2.45) is 5.41 Å². The van der Waals surface area contributed by atoms with Gasteiger partial charge < -0.3 is 9.47 Å². The number of aromatic amines is 1. The van der Waals surface area contributed by atoms with Gasteiger partial charge in [-0.1, -0.05) is 0 Å². The third-order valence-corrected chi connectivity index (χ3v) is 6.91. The summed E-state index contributed by atoms with van der Waals surface area (Å²) in [5.74, 6) is -0.0762. The lowest BCUT2D eigenvalue weighted by Crippen LogP contribution is -2.44. The first-order valence-electron chi connectivity index (χ1n) is 10.7. The third kappa shape index (κ3) is 3.31. The lowest BCUT2D eigenvalue weighted by Gasteiger charge is -2.37. The molecule has 2 amide bonds. The minimum absolute atomic E-state index is 0.138. The average Bonchev–Trinajstić information content (AvgIpc) is 3.01. The maximum Gasteiger partial charge on any atom is 0.349 e. The Morgan fingerprint density at radius 3 is 2.41 bits per heavy atom. The zero-order valence-electron chi connectivity index (χ0n) is 18.0. The summed E-state index contributed by atoms with van der Waals surface area (Å²) in [6.45, 7) is 6.54. The van der Waals surface area contributed by atoms with Crippen molar-refractivity contribution >= 4 is 22.8 Å². The van der Waals surface area contributed by atoms with Crippen molar-refractivity contribution in [2.45, 2.75) is 39.7 Å². The number of piperidine rings is 1. The molecule has 0 aliphatic carbocycles. The van der Waals surface area contributed by atoms with Gasteiger partial charge >= 0.3 is 5.69 Å². The number of hydrogen-bond acceptors (Lipinski definition) is 7. The van der Waals surface area contributed by atoms with Gasteiger partial charge in [0.1, 0.15) is 0 Å². The van der Waals surface area contributed by atoms with Crippen LogP contribution in [0, 0.1) is 19.3 Å². The van der Waals surface area contributed by atoms with Crippen molar-refractivity contribution in [3.63, 3.8) is 0 Å².